The smallest absolute Gasteiger partial charge is 0.105 e. The van der Waals surface area contributed by atoms with E-state index in [1.807, 2.05) is 30.3 Å². The van der Waals surface area contributed by atoms with Crippen LogP contribution in [0.15, 0.2) is 59.6 Å². The van der Waals surface area contributed by atoms with Crippen molar-refractivity contribution >= 4 is 11.5 Å². The molecule has 3 rings (SSSR count). The Labute approximate surface area is 131 Å². The van der Waals surface area contributed by atoms with Gasteiger partial charge in [0.25, 0.3) is 0 Å². The highest BCUT2D eigenvalue weighted by Gasteiger charge is 2.17. The van der Waals surface area contributed by atoms with Gasteiger partial charge in [0.05, 0.1) is 11.3 Å². The SMILES string of the molecule is N#Cc1ccccc1/N=C1\CCCCN1Cc1ccccc1. The molecule has 0 saturated carbocycles. The number of piperidine rings is 1. The molecular weight excluding hydrogens is 270 g/mol. The van der Waals surface area contributed by atoms with Gasteiger partial charge in [-0.3, -0.25) is 0 Å². The summed E-state index contributed by atoms with van der Waals surface area (Å²) >= 11 is 0. The number of hydrogen-bond donors (Lipinski definition) is 0. The van der Waals surface area contributed by atoms with Gasteiger partial charge in [0.15, 0.2) is 0 Å². The van der Waals surface area contributed by atoms with Gasteiger partial charge in [0.2, 0.25) is 0 Å². The number of benzene rings is 2. The first kappa shape index (κ1) is 14.3. The van der Waals surface area contributed by atoms with E-state index in [1.54, 1.807) is 0 Å². The first-order valence-corrected chi connectivity index (χ1v) is 7.72. The predicted octanol–water partition coefficient (Wildman–Crippen LogP) is 4.27. The monoisotopic (exact) mass is 289 g/mol. The molecule has 0 spiro atoms. The predicted molar refractivity (Wildman–Crippen MR) is 89.0 cm³/mol. The van der Waals surface area contributed by atoms with E-state index in [0.717, 1.165) is 31.0 Å². The maximum absolute atomic E-state index is 9.22. The van der Waals surface area contributed by atoms with Crippen LogP contribution in [0.3, 0.4) is 0 Å². The highest BCUT2D eigenvalue weighted by molar-refractivity contribution is 5.86. The highest BCUT2D eigenvalue weighted by Crippen LogP contribution is 2.22. The van der Waals surface area contributed by atoms with E-state index in [2.05, 4.69) is 35.2 Å². The summed E-state index contributed by atoms with van der Waals surface area (Å²) in [6.07, 6.45) is 3.34. The average Bonchev–Trinajstić information content (AvgIpc) is 2.58. The summed E-state index contributed by atoms with van der Waals surface area (Å²) in [5.41, 5.74) is 2.71. The molecule has 2 aromatic carbocycles. The van der Waals surface area contributed by atoms with E-state index in [4.69, 9.17) is 4.99 Å². The van der Waals surface area contributed by atoms with Gasteiger partial charge < -0.3 is 4.90 Å². The Bertz CT molecular complexity index is 698. The minimum Gasteiger partial charge on any atom is -0.356 e. The number of aliphatic imine (C=N–C) groups is 1. The van der Waals surface area contributed by atoms with Gasteiger partial charge in [-0.15, -0.1) is 0 Å². The third-order valence-electron chi connectivity index (χ3n) is 3.93. The Kier molecular flexibility index (Phi) is 4.50. The van der Waals surface area contributed by atoms with Crippen molar-refractivity contribution in [3.05, 3.63) is 65.7 Å². The van der Waals surface area contributed by atoms with Crippen molar-refractivity contribution in [2.24, 2.45) is 4.99 Å². The van der Waals surface area contributed by atoms with Crippen molar-refractivity contribution in [1.82, 2.24) is 4.90 Å². The zero-order valence-corrected chi connectivity index (χ0v) is 12.6. The van der Waals surface area contributed by atoms with Gasteiger partial charge in [-0.2, -0.15) is 5.26 Å². The molecule has 1 aliphatic heterocycles. The van der Waals surface area contributed by atoms with E-state index in [0.29, 0.717) is 5.56 Å². The Morgan fingerprint density at radius 1 is 1.00 bits per heavy atom. The second-order valence-electron chi connectivity index (χ2n) is 5.52. The summed E-state index contributed by atoms with van der Waals surface area (Å²) in [5, 5.41) is 9.22. The number of amidine groups is 1. The zero-order chi connectivity index (χ0) is 15.2. The van der Waals surface area contributed by atoms with Gasteiger partial charge >= 0.3 is 0 Å². The lowest BCUT2D eigenvalue weighted by atomic mass is 10.1. The minimum atomic E-state index is 0.639. The van der Waals surface area contributed by atoms with Crippen LogP contribution >= 0.6 is 0 Å². The van der Waals surface area contributed by atoms with Crippen molar-refractivity contribution in [2.75, 3.05) is 6.54 Å². The molecule has 3 heteroatoms. The summed E-state index contributed by atoms with van der Waals surface area (Å²) in [6, 6.07) is 20.3. The first-order valence-electron chi connectivity index (χ1n) is 7.72. The fourth-order valence-corrected chi connectivity index (χ4v) is 2.78. The van der Waals surface area contributed by atoms with Crippen molar-refractivity contribution in [2.45, 2.75) is 25.8 Å². The lowest BCUT2D eigenvalue weighted by Crippen LogP contribution is -2.34. The minimum absolute atomic E-state index is 0.639. The second-order valence-corrected chi connectivity index (χ2v) is 5.52. The molecule has 0 bridgehead atoms. The quantitative estimate of drug-likeness (QED) is 0.846. The van der Waals surface area contributed by atoms with E-state index in [9.17, 15) is 5.26 Å². The third kappa shape index (κ3) is 3.35. The van der Waals surface area contributed by atoms with Crippen molar-refractivity contribution in [3.63, 3.8) is 0 Å². The molecule has 1 fully saturated rings. The van der Waals surface area contributed by atoms with E-state index < -0.39 is 0 Å². The molecule has 0 aliphatic carbocycles. The molecule has 2 aromatic rings. The molecule has 0 amide bonds. The number of hydrogen-bond acceptors (Lipinski definition) is 2. The van der Waals surface area contributed by atoms with E-state index in [-0.39, 0.29) is 0 Å². The van der Waals surface area contributed by atoms with Crippen molar-refractivity contribution < 1.29 is 0 Å². The van der Waals surface area contributed by atoms with E-state index in [1.165, 1.54) is 18.4 Å². The molecule has 1 saturated heterocycles. The molecular formula is C19H19N3. The van der Waals surface area contributed by atoms with Gasteiger partial charge in [0, 0.05) is 19.5 Å². The lowest BCUT2D eigenvalue weighted by molar-refractivity contribution is 0.364. The summed E-state index contributed by atoms with van der Waals surface area (Å²) in [7, 11) is 0. The summed E-state index contributed by atoms with van der Waals surface area (Å²) in [6.45, 7) is 1.91. The van der Waals surface area contributed by atoms with Crippen LogP contribution < -0.4 is 0 Å². The van der Waals surface area contributed by atoms with Crippen LogP contribution in [0, 0.1) is 11.3 Å². The molecule has 3 nitrogen and oxygen atoms in total. The molecule has 0 atom stereocenters. The van der Waals surface area contributed by atoms with Crippen LogP contribution in [-0.4, -0.2) is 17.3 Å². The summed E-state index contributed by atoms with van der Waals surface area (Å²) < 4.78 is 0. The second kappa shape index (κ2) is 6.91. The first-order chi connectivity index (χ1) is 10.9. The Morgan fingerprint density at radius 2 is 1.77 bits per heavy atom. The largest absolute Gasteiger partial charge is 0.356 e. The van der Waals surface area contributed by atoms with Crippen LogP contribution in [0.1, 0.15) is 30.4 Å². The molecule has 0 radical (unpaired) electrons. The third-order valence-corrected chi connectivity index (χ3v) is 3.93. The average molecular weight is 289 g/mol. The van der Waals surface area contributed by atoms with Crippen molar-refractivity contribution in [1.29, 1.82) is 5.26 Å². The standard InChI is InChI=1S/C19H19N3/c20-14-17-10-4-5-11-18(17)21-19-12-6-7-13-22(19)15-16-8-2-1-3-9-16/h1-5,8-11H,6-7,12-13,15H2/b21-19+. The van der Waals surface area contributed by atoms with Crippen LogP contribution in [0.25, 0.3) is 0 Å². The van der Waals surface area contributed by atoms with Crippen LogP contribution in [-0.2, 0) is 6.54 Å². The fraction of sp³-hybridized carbons (Fsp3) is 0.263. The highest BCUT2D eigenvalue weighted by atomic mass is 15.2. The lowest BCUT2D eigenvalue weighted by Gasteiger charge is -2.30. The number of nitrogens with zero attached hydrogens (tertiary/aromatic N) is 3. The van der Waals surface area contributed by atoms with Crippen LogP contribution in [0.2, 0.25) is 0 Å². The van der Waals surface area contributed by atoms with E-state index >= 15 is 0 Å². The number of nitriles is 1. The molecule has 1 aliphatic rings. The fourth-order valence-electron chi connectivity index (χ4n) is 2.78. The van der Waals surface area contributed by atoms with Crippen LogP contribution in [0.4, 0.5) is 5.69 Å². The molecule has 0 unspecified atom stereocenters. The normalized spacial score (nSPS) is 16.5. The van der Waals surface area contributed by atoms with Gasteiger partial charge in [-0.25, -0.2) is 4.99 Å². The summed E-state index contributed by atoms with van der Waals surface area (Å²) in [4.78, 5) is 7.13. The maximum Gasteiger partial charge on any atom is 0.105 e. The Morgan fingerprint density at radius 3 is 2.59 bits per heavy atom. The molecule has 1 heterocycles. The van der Waals surface area contributed by atoms with Gasteiger partial charge in [-0.1, -0.05) is 42.5 Å². The van der Waals surface area contributed by atoms with Gasteiger partial charge in [-0.05, 0) is 30.5 Å². The molecule has 110 valence electrons. The Balaban J connectivity index is 1.86. The summed E-state index contributed by atoms with van der Waals surface area (Å²) in [5.74, 6) is 1.10. The van der Waals surface area contributed by atoms with Crippen LogP contribution in [0.5, 0.6) is 0 Å². The zero-order valence-electron chi connectivity index (χ0n) is 12.6. The molecule has 22 heavy (non-hydrogen) atoms. The van der Waals surface area contributed by atoms with Gasteiger partial charge in [0.1, 0.15) is 11.9 Å². The Hall–Kier alpha value is -2.60. The molecule has 0 N–H and O–H groups in total. The van der Waals surface area contributed by atoms with Crippen molar-refractivity contribution in [3.8, 4) is 6.07 Å². The topological polar surface area (TPSA) is 39.4 Å². The number of rotatable bonds is 3. The number of para-hydroxylation sites is 1. The molecule has 0 aromatic heterocycles. The maximum atomic E-state index is 9.22. The number of likely N-dealkylation sites (tertiary alicyclic amines) is 1.